The molecule has 0 radical (unpaired) electrons. The Hall–Kier alpha value is -1.81. The molecule has 0 amide bonds. The number of benzene rings is 1. The van der Waals surface area contributed by atoms with Gasteiger partial charge in [0.15, 0.2) is 0 Å². The minimum atomic E-state index is -0.939. The third kappa shape index (κ3) is 5.17. The van der Waals surface area contributed by atoms with Crippen LogP contribution in [0.25, 0.3) is 0 Å². The van der Waals surface area contributed by atoms with Gasteiger partial charge >= 0.3 is 5.97 Å². The van der Waals surface area contributed by atoms with Crippen LogP contribution >= 0.6 is 0 Å². The third-order valence-electron chi connectivity index (χ3n) is 2.05. The number of rotatable bonds is 7. The zero-order valence-electron chi connectivity index (χ0n) is 9.76. The van der Waals surface area contributed by atoms with Crippen LogP contribution in [-0.4, -0.2) is 30.9 Å². The molecule has 1 aromatic rings. The van der Waals surface area contributed by atoms with Gasteiger partial charge < -0.3 is 14.6 Å². The molecule has 92 valence electrons. The number of carbonyl (C=O) groups is 1. The maximum absolute atomic E-state index is 10.6. The van der Waals surface area contributed by atoms with Crippen molar-refractivity contribution in [3.8, 4) is 5.75 Å². The molecule has 0 bridgehead atoms. The Morgan fingerprint density at radius 1 is 1.29 bits per heavy atom. The molecule has 0 aliphatic heterocycles. The van der Waals surface area contributed by atoms with Gasteiger partial charge in [0.05, 0.1) is 18.8 Å². The second kappa shape index (κ2) is 7.46. The first-order valence-corrected chi connectivity index (χ1v) is 5.39. The molecular formula is C13H16O4. The number of ether oxygens (including phenoxy) is 2. The van der Waals surface area contributed by atoms with Crippen molar-refractivity contribution in [1.82, 2.24) is 0 Å². The maximum Gasteiger partial charge on any atom is 0.335 e. The van der Waals surface area contributed by atoms with E-state index in [1.165, 1.54) is 12.1 Å². The van der Waals surface area contributed by atoms with Crippen molar-refractivity contribution in [2.45, 2.75) is 6.92 Å². The van der Waals surface area contributed by atoms with Crippen LogP contribution in [0, 0.1) is 0 Å². The van der Waals surface area contributed by atoms with E-state index in [0.29, 0.717) is 25.6 Å². The number of hydrogen-bond acceptors (Lipinski definition) is 3. The van der Waals surface area contributed by atoms with Crippen LogP contribution in [0.3, 0.4) is 0 Å². The molecule has 1 aromatic carbocycles. The van der Waals surface area contributed by atoms with Gasteiger partial charge in [-0.2, -0.15) is 0 Å². The third-order valence-corrected chi connectivity index (χ3v) is 2.05. The Labute approximate surface area is 100 Å². The van der Waals surface area contributed by atoms with Crippen LogP contribution in [0.15, 0.2) is 36.4 Å². The lowest BCUT2D eigenvalue weighted by Crippen LogP contribution is -2.06. The fourth-order valence-corrected chi connectivity index (χ4v) is 1.16. The van der Waals surface area contributed by atoms with E-state index in [1.54, 1.807) is 12.1 Å². The van der Waals surface area contributed by atoms with Gasteiger partial charge in [-0.3, -0.25) is 0 Å². The molecule has 0 atom stereocenters. The molecule has 17 heavy (non-hydrogen) atoms. The van der Waals surface area contributed by atoms with Crippen molar-refractivity contribution in [3.05, 3.63) is 42.0 Å². The summed E-state index contributed by atoms with van der Waals surface area (Å²) in [6, 6.07) is 6.29. The Kier molecular flexibility index (Phi) is 5.82. The van der Waals surface area contributed by atoms with Crippen molar-refractivity contribution >= 4 is 5.97 Å². The van der Waals surface area contributed by atoms with Gasteiger partial charge in [0, 0.05) is 0 Å². The number of carboxylic acid groups (broad SMARTS) is 1. The van der Waals surface area contributed by atoms with Crippen molar-refractivity contribution in [3.63, 3.8) is 0 Å². The van der Waals surface area contributed by atoms with Crippen molar-refractivity contribution in [2.24, 2.45) is 0 Å². The molecule has 0 saturated carbocycles. The lowest BCUT2D eigenvalue weighted by Gasteiger charge is -2.06. The quantitative estimate of drug-likeness (QED) is 0.583. The molecule has 0 saturated heterocycles. The lowest BCUT2D eigenvalue weighted by molar-refractivity contribution is 0.0696. The summed E-state index contributed by atoms with van der Waals surface area (Å²) in [7, 11) is 0. The first kappa shape index (κ1) is 13.3. The molecular weight excluding hydrogens is 220 g/mol. The Morgan fingerprint density at radius 3 is 2.59 bits per heavy atom. The zero-order valence-corrected chi connectivity index (χ0v) is 9.76. The molecule has 4 heteroatoms. The van der Waals surface area contributed by atoms with Gasteiger partial charge in [0.25, 0.3) is 0 Å². The molecule has 1 rings (SSSR count). The second-order valence-electron chi connectivity index (χ2n) is 3.32. The minimum Gasteiger partial charge on any atom is -0.491 e. The number of aromatic carboxylic acids is 1. The van der Waals surface area contributed by atoms with Gasteiger partial charge in [-0.15, -0.1) is 0 Å². The second-order valence-corrected chi connectivity index (χ2v) is 3.32. The normalized spacial score (nSPS) is 10.6. The van der Waals surface area contributed by atoms with Gasteiger partial charge in [0.2, 0.25) is 0 Å². The highest BCUT2D eigenvalue weighted by Gasteiger charge is 2.01. The van der Waals surface area contributed by atoms with Gasteiger partial charge in [-0.25, -0.2) is 4.79 Å². The fourth-order valence-electron chi connectivity index (χ4n) is 1.16. The van der Waals surface area contributed by atoms with E-state index < -0.39 is 5.97 Å². The van der Waals surface area contributed by atoms with E-state index in [0.717, 1.165) is 0 Å². The van der Waals surface area contributed by atoms with E-state index in [4.69, 9.17) is 14.6 Å². The van der Waals surface area contributed by atoms with Crippen LogP contribution in [0.1, 0.15) is 17.3 Å². The summed E-state index contributed by atoms with van der Waals surface area (Å²) < 4.78 is 10.6. The fraction of sp³-hybridized carbons (Fsp3) is 0.308. The highest BCUT2D eigenvalue weighted by molar-refractivity contribution is 5.87. The molecule has 0 aliphatic rings. The highest BCUT2D eigenvalue weighted by Crippen LogP contribution is 2.11. The monoisotopic (exact) mass is 236 g/mol. The van der Waals surface area contributed by atoms with E-state index in [9.17, 15) is 4.79 Å². The predicted octanol–water partition coefficient (Wildman–Crippen LogP) is 2.36. The van der Waals surface area contributed by atoms with Crippen LogP contribution in [0.5, 0.6) is 5.75 Å². The largest absolute Gasteiger partial charge is 0.491 e. The molecule has 0 fully saturated rings. The summed E-state index contributed by atoms with van der Waals surface area (Å²) in [6.07, 6.45) is 3.84. The Balaban J connectivity index is 2.25. The standard InChI is InChI=1S/C13H16O4/c1-2-3-8-16-9-10-17-12-6-4-11(5-7-12)13(14)15/h2-7H,8-10H2,1H3,(H,14,15). The summed E-state index contributed by atoms with van der Waals surface area (Å²) in [5, 5.41) is 8.71. The summed E-state index contributed by atoms with van der Waals surface area (Å²) in [4.78, 5) is 10.6. The Morgan fingerprint density at radius 2 is 2.00 bits per heavy atom. The summed E-state index contributed by atoms with van der Waals surface area (Å²) in [6.45, 7) is 3.47. The van der Waals surface area contributed by atoms with Crippen LogP contribution in [0.4, 0.5) is 0 Å². The average molecular weight is 236 g/mol. The number of hydrogen-bond donors (Lipinski definition) is 1. The Bertz CT molecular complexity index is 368. The van der Waals surface area contributed by atoms with Crippen LogP contribution < -0.4 is 4.74 Å². The molecule has 0 aromatic heterocycles. The first-order valence-electron chi connectivity index (χ1n) is 5.39. The molecule has 0 aliphatic carbocycles. The molecule has 1 N–H and O–H groups in total. The molecule has 0 unspecified atom stereocenters. The van der Waals surface area contributed by atoms with Crippen molar-refractivity contribution in [1.29, 1.82) is 0 Å². The SMILES string of the molecule is CC=CCOCCOc1ccc(C(=O)O)cc1. The molecule has 0 spiro atoms. The van der Waals surface area contributed by atoms with E-state index >= 15 is 0 Å². The first-order chi connectivity index (χ1) is 8.24. The minimum absolute atomic E-state index is 0.252. The van der Waals surface area contributed by atoms with Gasteiger partial charge in [-0.05, 0) is 31.2 Å². The summed E-state index contributed by atoms with van der Waals surface area (Å²) in [5.74, 6) is -0.295. The van der Waals surface area contributed by atoms with E-state index in [-0.39, 0.29) is 5.56 Å². The lowest BCUT2D eigenvalue weighted by atomic mass is 10.2. The maximum atomic E-state index is 10.6. The summed E-state index contributed by atoms with van der Waals surface area (Å²) >= 11 is 0. The van der Waals surface area contributed by atoms with E-state index in [2.05, 4.69) is 0 Å². The van der Waals surface area contributed by atoms with Crippen molar-refractivity contribution < 1.29 is 19.4 Å². The topological polar surface area (TPSA) is 55.8 Å². The number of allylic oxidation sites excluding steroid dienone is 1. The van der Waals surface area contributed by atoms with Gasteiger partial charge in [-0.1, -0.05) is 12.2 Å². The molecule has 0 heterocycles. The van der Waals surface area contributed by atoms with Crippen LogP contribution in [-0.2, 0) is 4.74 Å². The van der Waals surface area contributed by atoms with E-state index in [1.807, 2.05) is 19.1 Å². The smallest absolute Gasteiger partial charge is 0.335 e. The highest BCUT2D eigenvalue weighted by atomic mass is 16.5. The number of carboxylic acids is 1. The van der Waals surface area contributed by atoms with Gasteiger partial charge in [0.1, 0.15) is 12.4 Å². The molecule has 4 nitrogen and oxygen atoms in total. The predicted molar refractivity (Wildman–Crippen MR) is 64.5 cm³/mol. The summed E-state index contributed by atoms with van der Waals surface area (Å²) in [5.41, 5.74) is 0.252. The van der Waals surface area contributed by atoms with Crippen LogP contribution in [0.2, 0.25) is 0 Å². The zero-order chi connectivity index (χ0) is 12.5. The van der Waals surface area contributed by atoms with Crippen molar-refractivity contribution in [2.75, 3.05) is 19.8 Å². The average Bonchev–Trinajstić information content (AvgIpc) is 2.34.